The molecule has 2 heterocycles. The number of hydrogen-bond acceptors (Lipinski definition) is 3. The Kier molecular flexibility index (Phi) is 9.47. The molecule has 3 N–H and O–H groups in total. The van der Waals surface area contributed by atoms with Crippen LogP contribution < -0.4 is 11.1 Å². The summed E-state index contributed by atoms with van der Waals surface area (Å²) in [4.78, 5) is 11.3. The summed E-state index contributed by atoms with van der Waals surface area (Å²) in [6, 6.07) is 6.41. The maximum absolute atomic E-state index is 5.94. The zero-order valence-electron chi connectivity index (χ0n) is 14.2. The zero-order valence-corrected chi connectivity index (χ0v) is 16.6. The van der Waals surface area contributed by atoms with Gasteiger partial charge in [0.1, 0.15) is 0 Å². The average molecular weight is 431 g/mol. The summed E-state index contributed by atoms with van der Waals surface area (Å²) in [5.41, 5.74) is 7.01. The van der Waals surface area contributed by atoms with Crippen molar-refractivity contribution in [3.8, 4) is 0 Å². The third kappa shape index (κ3) is 7.48. The highest BCUT2D eigenvalue weighted by Crippen LogP contribution is 2.17. The van der Waals surface area contributed by atoms with Gasteiger partial charge in [-0.25, -0.2) is 0 Å². The summed E-state index contributed by atoms with van der Waals surface area (Å²) in [6.45, 7) is 8.47. The van der Waals surface area contributed by atoms with Crippen LogP contribution >= 0.6 is 24.0 Å². The lowest BCUT2D eigenvalue weighted by molar-refractivity contribution is 0.142. The Morgan fingerprint density at radius 2 is 2.35 bits per heavy atom. The molecule has 0 radical (unpaired) electrons. The molecule has 1 aliphatic heterocycles. The molecule has 0 aliphatic carbocycles. The first-order valence-corrected chi connectivity index (χ1v) is 8.33. The highest BCUT2D eigenvalue weighted by molar-refractivity contribution is 14.0. The van der Waals surface area contributed by atoms with Gasteiger partial charge in [-0.1, -0.05) is 13.0 Å². The summed E-state index contributed by atoms with van der Waals surface area (Å²) in [5, 5.41) is 3.17. The number of guanidine groups is 1. The van der Waals surface area contributed by atoms with Gasteiger partial charge in [-0.05, 0) is 44.4 Å². The normalized spacial score (nSPS) is 20.6. The molecule has 1 fully saturated rings. The van der Waals surface area contributed by atoms with Crippen molar-refractivity contribution in [1.82, 2.24) is 15.2 Å². The number of pyridine rings is 1. The fourth-order valence-electron chi connectivity index (χ4n) is 2.89. The molecule has 1 aromatic heterocycles. The molecule has 1 aromatic rings. The number of halogens is 1. The number of nitrogens with two attached hydrogens (primary N) is 1. The van der Waals surface area contributed by atoms with Crippen LogP contribution in [0.4, 0.5) is 0 Å². The van der Waals surface area contributed by atoms with Crippen molar-refractivity contribution in [2.45, 2.75) is 39.2 Å². The van der Waals surface area contributed by atoms with Crippen LogP contribution in [0.5, 0.6) is 0 Å². The van der Waals surface area contributed by atoms with Gasteiger partial charge in [-0.15, -0.1) is 24.0 Å². The highest BCUT2D eigenvalue weighted by atomic mass is 127. The molecule has 2 unspecified atom stereocenters. The van der Waals surface area contributed by atoms with Crippen LogP contribution in [0, 0.1) is 5.92 Å². The maximum atomic E-state index is 5.94. The molecule has 2 atom stereocenters. The van der Waals surface area contributed by atoms with E-state index in [4.69, 9.17) is 5.73 Å². The molecule has 5 nitrogen and oxygen atoms in total. The van der Waals surface area contributed by atoms with E-state index < -0.39 is 0 Å². The molecule has 130 valence electrons. The summed E-state index contributed by atoms with van der Waals surface area (Å²) >= 11 is 0. The Hall–Kier alpha value is -0.890. The Balaban J connectivity index is 0.00000264. The quantitative estimate of drug-likeness (QED) is 0.412. The van der Waals surface area contributed by atoms with E-state index in [-0.39, 0.29) is 24.0 Å². The molecule has 2 rings (SSSR count). The lowest BCUT2D eigenvalue weighted by Gasteiger charge is -2.34. The lowest BCUT2D eigenvalue weighted by Crippen LogP contribution is -2.43. The smallest absolute Gasteiger partial charge is 0.188 e. The Bertz CT molecular complexity index is 465. The van der Waals surface area contributed by atoms with Gasteiger partial charge in [0.2, 0.25) is 0 Å². The van der Waals surface area contributed by atoms with Gasteiger partial charge in [0.05, 0.1) is 6.54 Å². The Morgan fingerprint density at radius 3 is 3.04 bits per heavy atom. The number of likely N-dealkylation sites (tertiary alicyclic amines) is 1. The molecule has 0 spiro atoms. The number of nitrogens with zero attached hydrogens (tertiary/aromatic N) is 3. The van der Waals surface area contributed by atoms with Crippen LogP contribution in [0.2, 0.25) is 0 Å². The number of hydrogen-bond donors (Lipinski definition) is 2. The zero-order chi connectivity index (χ0) is 15.8. The first-order chi connectivity index (χ1) is 10.6. The standard InChI is InChI=1S/C17H29N5.HI/c1-14-6-5-11-22(13-14)15(2)12-21-17(18)20-10-8-16-7-3-4-9-19-16;/h3-4,7,9,14-15H,5-6,8,10-13H2,1-2H3,(H3,18,20,21);1H. The minimum absolute atomic E-state index is 0. The van der Waals surface area contributed by atoms with E-state index in [0.29, 0.717) is 12.0 Å². The van der Waals surface area contributed by atoms with Crippen molar-refractivity contribution in [1.29, 1.82) is 0 Å². The predicted molar refractivity (Wildman–Crippen MR) is 107 cm³/mol. The largest absolute Gasteiger partial charge is 0.370 e. The van der Waals surface area contributed by atoms with Crippen LogP contribution in [-0.2, 0) is 6.42 Å². The molecule has 0 saturated carbocycles. The topological polar surface area (TPSA) is 66.5 Å². The first-order valence-electron chi connectivity index (χ1n) is 8.33. The summed E-state index contributed by atoms with van der Waals surface area (Å²) in [6.07, 6.45) is 5.32. The van der Waals surface area contributed by atoms with Gasteiger partial charge in [0.25, 0.3) is 0 Å². The van der Waals surface area contributed by atoms with Crippen molar-refractivity contribution in [2.24, 2.45) is 16.6 Å². The molecule has 0 aromatic carbocycles. The molecular weight excluding hydrogens is 401 g/mol. The predicted octanol–water partition coefficient (Wildman–Crippen LogP) is 2.27. The second kappa shape index (κ2) is 10.8. The van der Waals surface area contributed by atoms with Crippen molar-refractivity contribution >= 4 is 29.9 Å². The summed E-state index contributed by atoms with van der Waals surface area (Å²) < 4.78 is 0. The number of piperidine rings is 1. The van der Waals surface area contributed by atoms with Gasteiger partial charge in [-0.3, -0.25) is 14.9 Å². The molecule has 23 heavy (non-hydrogen) atoms. The molecule has 0 amide bonds. The number of rotatable bonds is 6. The minimum atomic E-state index is 0. The van der Waals surface area contributed by atoms with E-state index in [1.54, 1.807) is 0 Å². The number of aliphatic imine (C=N–C) groups is 1. The molecule has 6 heteroatoms. The van der Waals surface area contributed by atoms with Crippen LogP contribution in [0.1, 0.15) is 32.4 Å². The second-order valence-electron chi connectivity index (χ2n) is 6.32. The van der Waals surface area contributed by atoms with Crippen molar-refractivity contribution in [3.05, 3.63) is 30.1 Å². The van der Waals surface area contributed by atoms with Gasteiger partial charge in [0.15, 0.2) is 5.96 Å². The third-order valence-electron chi connectivity index (χ3n) is 4.25. The molecule has 0 bridgehead atoms. The van der Waals surface area contributed by atoms with Crippen LogP contribution in [0.15, 0.2) is 29.4 Å². The van der Waals surface area contributed by atoms with E-state index in [1.165, 1.54) is 25.9 Å². The second-order valence-corrected chi connectivity index (χ2v) is 6.32. The fourth-order valence-corrected chi connectivity index (χ4v) is 2.89. The number of nitrogens with one attached hydrogen (secondary N) is 1. The van der Waals surface area contributed by atoms with Crippen LogP contribution in [0.3, 0.4) is 0 Å². The Labute approximate surface area is 157 Å². The van der Waals surface area contributed by atoms with E-state index in [0.717, 1.165) is 31.1 Å². The van der Waals surface area contributed by atoms with Gasteiger partial charge in [-0.2, -0.15) is 0 Å². The molecule has 1 aliphatic rings. The van der Waals surface area contributed by atoms with Crippen molar-refractivity contribution in [3.63, 3.8) is 0 Å². The third-order valence-corrected chi connectivity index (χ3v) is 4.25. The molecular formula is C17H30IN5. The van der Waals surface area contributed by atoms with Gasteiger partial charge < -0.3 is 11.1 Å². The van der Waals surface area contributed by atoms with E-state index in [1.807, 2.05) is 24.4 Å². The monoisotopic (exact) mass is 431 g/mol. The van der Waals surface area contributed by atoms with Crippen LogP contribution in [-0.4, -0.2) is 48.1 Å². The lowest BCUT2D eigenvalue weighted by atomic mass is 9.99. The van der Waals surface area contributed by atoms with Gasteiger partial charge in [0, 0.05) is 37.4 Å². The summed E-state index contributed by atoms with van der Waals surface area (Å²) in [5.74, 6) is 1.34. The molecule has 1 saturated heterocycles. The van der Waals surface area contributed by atoms with Crippen LogP contribution in [0.25, 0.3) is 0 Å². The van der Waals surface area contributed by atoms with E-state index >= 15 is 0 Å². The highest BCUT2D eigenvalue weighted by Gasteiger charge is 2.20. The van der Waals surface area contributed by atoms with Gasteiger partial charge >= 0.3 is 0 Å². The van der Waals surface area contributed by atoms with Crippen molar-refractivity contribution in [2.75, 3.05) is 26.2 Å². The minimum Gasteiger partial charge on any atom is -0.370 e. The average Bonchev–Trinajstić information content (AvgIpc) is 2.53. The first kappa shape index (κ1) is 20.2. The number of aromatic nitrogens is 1. The van der Waals surface area contributed by atoms with E-state index in [9.17, 15) is 0 Å². The SMILES string of the molecule is CC1CCCN(C(C)CN=C(N)NCCc2ccccn2)C1.I. The Morgan fingerprint density at radius 1 is 1.52 bits per heavy atom. The van der Waals surface area contributed by atoms with E-state index in [2.05, 4.69) is 34.0 Å². The summed E-state index contributed by atoms with van der Waals surface area (Å²) in [7, 11) is 0. The fraction of sp³-hybridized carbons (Fsp3) is 0.647. The maximum Gasteiger partial charge on any atom is 0.188 e. The van der Waals surface area contributed by atoms with Crippen molar-refractivity contribution < 1.29 is 0 Å².